The van der Waals surface area contributed by atoms with Crippen LogP contribution < -0.4 is 5.32 Å². The number of hydrogen-bond donors (Lipinski definition) is 1. The van der Waals surface area contributed by atoms with Crippen LogP contribution in [0.15, 0.2) is 0 Å². The third kappa shape index (κ3) is 7.60. The maximum Gasteiger partial charge on any atom is 0.414 e. The van der Waals surface area contributed by atoms with Gasteiger partial charge in [0, 0.05) is 6.54 Å². The van der Waals surface area contributed by atoms with Crippen molar-refractivity contribution in [2.24, 2.45) is 11.8 Å². The Hall–Kier alpha value is -0.290. The summed E-state index contributed by atoms with van der Waals surface area (Å²) in [6.45, 7) is 10.1. The molecule has 0 heterocycles. The van der Waals surface area contributed by atoms with Crippen molar-refractivity contribution in [3.05, 3.63) is 0 Å². The molecular weight excluding hydrogens is 231 g/mol. The number of nitrogens with one attached hydrogen (secondary N) is 1. The van der Waals surface area contributed by atoms with Gasteiger partial charge in [0.2, 0.25) is 0 Å². The van der Waals surface area contributed by atoms with Crippen molar-refractivity contribution in [3.8, 4) is 0 Å². The molecule has 104 valence electrons. The highest BCUT2D eigenvalue weighted by atomic mass is 19.4. The fourth-order valence-corrected chi connectivity index (χ4v) is 1.29. The fraction of sp³-hybridized carbons (Fsp3) is 1.00. The predicted octanol–water partition coefficient (Wildman–Crippen LogP) is 3.22. The van der Waals surface area contributed by atoms with Gasteiger partial charge in [-0.15, -0.1) is 0 Å². The molecule has 0 bridgehead atoms. The average molecular weight is 255 g/mol. The zero-order chi connectivity index (χ0) is 13.6. The maximum atomic E-state index is 12.4. The molecule has 1 N–H and O–H groups in total. The van der Waals surface area contributed by atoms with E-state index in [1.807, 2.05) is 13.8 Å². The Labute approximate surface area is 102 Å². The summed E-state index contributed by atoms with van der Waals surface area (Å²) >= 11 is 0. The highest BCUT2D eigenvalue weighted by Gasteiger charge is 2.38. The molecule has 0 aromatic heterocycles. The molecule has 0 saturated carbocycles. The second-order valence-electron chi connectivity index (χ2n) is 5.15. The summed E-state index contributed by atoms with van der Waals surface area (Å²) in [6, 6.07) is 0. The second kappa shape index (κ2) is 7.21. The molecule has 0 aliphatic rings. The standard InChI is InChI=1S/C12H24F3NO/c1-8(2)6-16-7-11(9(3)4)17-10(5)12(13,14)15/h8-11,16H,6-7H2,1-5H3. The van der Waals surface area contributed by atoms with E-state index in [4.69, 9.17) is 4.74 Å². The highest BCUT2D eigenvalue weighted by Crippen LogP contribution is 2.24. The van der Waals surface area contributed by atoms with Crippen molar-refractivity contribution in [2.45, 2.75) is 53.0 Å². The van der Waals surface area contributed by atoms with E-state index in [1.165, 1.54) is 0 Å². The normalized spacial score (nSPS) is 16.6. The molecule has 0 saturated heterocycles. The summed E-state index contributed by atoms with van der Waals surface area (Å²) in [5.41, 5.74) is 0. The van der Waals surface area contributed by atoms with E-state index in [0.29, 0.717) is 12.5 Å². The molecule has 0 fully saturated rings. The number of ether oxygens (including phenoxy) is 1. The van der Waals surface area contributed by atoms with Crippen LogP contribution in [0.4, 0.5) is 13.2 Å². The number of hydrogen-bond acceptors (Lipinski definition) is 2. The first-order valence-electron chi connectivity index (χ1n) is 6.07. The van der Waals surface area contributed by atoms with Crippen molar-refractivity contribution in [1.82, 2.24) is 5.32 Å². The predicted molar refractivity (Wildman–Crippen MR) is 62.9 cm³/mol. The van der Waals surface area contributed by atoms with Crippen LogP contribution in [-0.4, -0.2) is 31.5 Å². The van der Waals surface area contributed by atoms with E-state index >= 15 is 0 Å². The average Bonchev–Trinajstić information content (AvgIpc) is 2.13. The number of halogens is 3. The van der Waals surface area contributed by atoms with Gasteiger partial charge in [0.1, 0.15) is 0 Å². The molecule has 2 nitrogen and oxygen atoms in total. The minimum atomic E-state index is -4.29. The van der Waals surface area contributed by atoms with Gasteiger partial charge >= 0.3 is 6.18 Å². The summed E-state index contributed by atoms with van der Waals surface area (Å²) < 4.78 is 42.2. The summed E-state index contributed by atoms with van der Waals surface area (Å²) in [7, 11) is 0. The van der Waals surface area contributed by atoms with Crippen molar-refractivity contribution in [1.29, 1.82) is 0 Å². The Morgan fingerprint density at radius 1 is 1.00 bits per heavy atom. The van der Waals surface area contributed by atoms with Crippen LogP contribution >= 0.6 is 0 Å². The Balaban J connectivity index is 4.16. The van der Waals surface area contributed by atoms with Crippen LogP contribution in [0.1, 0.15) is 34.6 Å². The monoisotopic (exact) mass is 255 g/mol. The zero-order valence-corrected chi connectivity index (χ0v) is 11.3. The molecule has 0 rings (SSSR count). The van der Waals surface area contributed by atoms with Gasteiger partial charge in [-0.25, -0.2) is 0 Å². The minimum Gasteiger partial charge on any atom is -0.364 e. The molecular formula is C12H24F3NO. The Kier molecular flexibility index (Phi) is 7.09. The molecule has 0 aromatic rings. The quantitative estimate of drug-likeness (QED) is 0.754. The van der Waals surface area contributed by atoms with E-state index in [-0.39, 0.29) is 5.92 Å². The van der Waals surface area contributed by atoms with Gasteiger partial charge < -0.3 is 10.1 Å². The first kappa shape index (κ1) is 16.7. The van der Waals surface area contributed by atoms with E-state index < -0.39 is 18.4 Å². The van der Waals surface area contributed by atoms with Crippen LogP contribution in [-0.2, 0) is 4.74 Å². The lowest BCUT2D eigenvalue weighted by atomic mass is 10.1. The third-order valence-corrected chi connectivity index (χ3v) is 2.48. The number of alkyl halides is 3. The van der Waals surface area contributed by atoms with Gasteiger partial charge in [-0.05, 0) is 25.3 Å². The lowest BCUT2D eigenvalue weighted by molar-refractivity contribution is -0.230. The molecule has 0 aliphatic heterocycles. The van der Waals surface area contributed by atoms with Crippen LogP contribution in [0.25, 0.3) is 0 Å². The molecule has 5 heteroatoms. The zero-order valence-electron chi connectivity index (χ0n) is 11.3. The van der Waals surface area contributed by atoms with Crippen LogP contribution in [0.2, 0.25) is 0 Å². The summed E-state index contributed by atoms with van der Waals surface area (Å²) in [4.78, 5) is 0. The Morgan fingerprint density at radius 3 is 1.88 bits per heavy atom. The highest BCUT2D eigenvalue weighted by molar-refractivity contribution is 4.71. The van der Waals surface area contributed by atoms with Crippen LogP contribution in [0, 0.1) is 11.8 Å². The van der Waals surface area contributed by atoms with Crippen molar-refractivity contribution >= 4 is 0 Å². The van der Waals surface area contributed by atoms with E-state index in [0.717, 1.165) is 13.5 Å². The lowest BCUT2D eigenvalue weighted by Crippen LogP contribution is -2.40. The Morgan fingerprint density at radius 2 is 1.53 bits per heavy atom. The minimum absolute atomic E-state index is 0.0551. The van der Waals surface area contributed by atoms with Crippen molar-refractivity contribution in [2.75, 3.05) is 13.1 Å². The smallest absolute Gasteiger partial charge is 0.364 e. The van der Waals surface area contributed by atoms with Crippen LogP contribution in [0.5, 0.6) is 0 Å². The lowest BCUT2D eigenvalue weighted by Gasteiger charge is -2.27. The van der Waals surface area contributed by atoms with Gasteiger partial charge in [0.05, 0.1) is 6.10 Å². The molecule has 2 atom stereocenters. The SMILES string of the molecule is CC(C)CNCC(OC(C)C(F)(F)F)C(C)C. The Bertz CT molecular complexity index is 204. The molecule has 0 spiro atoms. The summed E-state index contributed by atoms with van der Waals surface area (Å²) in [5, 5.41) is 3.13. The second-order valence-corrected chi connectivity index (χ2v) is 5.15. The van der Waals surface area contributed by atoms with Gasteiger partial charge in [-0.1, -0.05) is 27.7 Å². The number of rotatable bonds is 7. The topological polar surface area (TPSA) is 21.3 Å². The molecule has 0 aliphatic carbocycles. The largest absolute Gasteiger partial charge is 0.414 e. The first-order chi connectivity index (χ1) is 7.64. The van der Waals surface area contributed by atoms with Crippen LogP contribution in [0.3, 0.4) is 0 Å². The molecule has 0 amide bonds. The third-order valence-electron chi connectivity index (χ3n) is 2.48. The maximum absolute atomic E-state index is 12.4. The molecule has 0 aromatic carbocycles. The van der Waals surface area contributed by atoms with Crippen molar-refractivity contribution in [3.63, 3.8) is 0 Å². The van der Waals surface area contributed by atoms with Gasteiger partial charge in [0.15, 0.2) is 6.10 Å². The van der Waals surface area contributed by atoms with E-state index in [2.05, 4.69) is 19.2 Å². The summed E-state index contributed by atoms with van der Waals surface area (Å²) in [5.74, 6) is 0.530. The van der Waals surface area contributed by atoms with Crippen molar-refractivity contribution < 1.29 is 17.9 Å². The van der Waals surface area contributed by atoms with Gasteiger partial charge in [-0.2, -0.15) is 13.2 Å². The molecule has 17 heavy (non-hydrogen) atoms. The first-order valence-corrected chi connectivity index (χ1v) is 6.07. The van der Waals surface area contributed by atoms with E-state index in [1.54, 1.807) is 0 Å². The van der Waals surface area contributed by atoms with Gasteiger partial charge in [0.25, 0.3) is 0 Å². The molecule has 0 radical (unpaired) electrons. The fourth-order valence-electron chi connectivity index (χ4n) is 1.29. The van der Waals surface area contributed by atoms with E-state index in [9.17, 15) is 13.2 Å². The van der Waals surface area contributed by atoms with Gasteiger partial charge in [-0.3, -0.25) is 0 Å². The molecule has 2 unspecified atom stereocenters. The summed E-state index contributed by atoms with van der Waals surface area (Å²) in [6.07, 6.45) is -6.41.